The average molecular weight is 561 g/mol. The zero-order valence-corrected chi connectivity index (χ0v) is 24.5. The van der Waals surface area contributed by atoms with E-state index in [-0.39, 0.29) is 18.2 Å². The minimum atomic E-state index is -2.76. The molecule has 0 aliphatic rings. The van der Waals surface area contributed by atoms with Crippen LogP contribution in [0.5, 0.6) is 5.75 Å². The van der Waals surface area contributed by atoms with E-state index in [9.17, 15) is 9.59 Å². The second kappa shape index (κ2) is 13.9. The fourth-order valence-corrected chi connectivity index (χ4v) is 7.29. The Morgan fingerprint density at radius 2 is 1.61 bits per heavy atom. The molecule has 206 valence electrons. The maximum Gasteiger partial charge on any atom is 0.500 e. The molecule has 1 aromatic heterocycles. The van der Waals surface area contributed by atoms with Gasteiger partial charge in [0.25, 0.3) is 5.91 Å². The molecule has 0 saturated heterocycles. The Balaban J connectivity index is 1.79. The molecule has 0 spiro atoms. The van der Waals surface area contributed by atoms with Crippen molar-refractivity contribution >= 4 is 43.1 Å². The van der Waals surface area contributed by atoms with E-state index in [2.05, 4.69) is 5.32 Å². The van der Waals surface area contributed by atoms with Crippen LogP contribution in [0.2, 0.25) is 11.1 Å². The van der Waals surface area contributed by atoms with Gasteiger partial charge in [-0.1, -0.05) is 11.6 Å². The van der Waals surface area contributed by atoms with Crippen LogP contribution in [0.4, 0.5) is 0 Å². The number of benzene rings is 2. The maximum absolute atomic E-state index is 13.5. The first-order valence-electron chi connectivity index (χ1n) is 13.0. The number of amides is 1. The van der Waals surface area contributed by atoms with Crippen molar-refractivity contribution in [1.82, 2.24) is 9.88 Å². The molecule has 3 aromatic rings. The van der Waals surface area contributed by atoms with Gasteiger partial charge in [0.15, 0.2) is 0 Å². The lowest BCUT2D eigenvalue weighted by Crippen LogP contribution is -2.46. The minimum absolute atomic E-state index is 0.126. The molecule has 1 N–H and O–H groups in total. The topological polar surface area (TPSA) is 88.0 Å². The largest absolute Gasteiger partial charge is 0.500 e. The normalized spacial score (nSPS) is 11.6. The van der Waals surface area contributed by atoms with Crippen LogP contribution < -0.4 is 10.1 Å². The van der Waals surface area contributed by atoms with Crippen LogP contribution in [-0.2, 0) is 24.5 Å². The Kier molecular flexibility index (Phi) is 10.9. The van der Waals surface area contributed by atoms with E-state index in [1.807, 2.05) is 45.9 Å². The van der Waals surface area contributed by atoms with Crippen LogP contribution in [0.1, 0.15) is 48.8 Å². The van der Waals surface area contributed by atoms with Gasteiger partial charge in [0.05, 0.1) is 19.0 Å². The van der Waals surface area contributed by atoms with Crippen molar-refractivity contribution in [3.05, 3.63) is 64.3 Å². The number of carbonyl (C=O) groups is 2. The molecule has 0 saturated carbocycles. The summed E-state index contributed by atoms with van der Waals surface area (Å²) in [5, 5.41) is 4.36. The van der Waals surface area contributed by atoms with Crippen molar-refractivity contribution in [3.63, 3.8) is 0 Å². The fourth-order valence-electron chi connectivity index (χ4n) is 4.55. The van der Waals surface area contributed by atoms with Gasteiger partial charge < -0.3 is 23.3 Å². The van der Waals surface area contributed by atoms with E-state index in [0.29, 0.717) is 66.4 Å². The van der Waals surface area contributed by atoms with Gasteiger partial charge in [0.2, 0.25) is 5.91 Å². The van der Waals surface area contributed by atoms with Crippen molar-refractivity contribution in [2.45, 2.75) is 46.6 Å². The van der Waals surface area contributed by atoms with Gasteiger partial charge in [-0.15, -0.1) is 0 Å². The van der Waals surface area contributed by atoms with Crippen LogP contribution in [0.3, 0.4) is 0 Å². The van der Waals surface area contributed by atoms with Gasteiger partial charge in [0.1, 0.15) is 5.75 Å². The number of nitrogens with zero attached hydrogens (tertiary/aromatic N) is 1. The summed E-state index contributed by atoms with van der Waals surface area (Å²) in [7, 11) is -1.17. The van der Waals surface area contributed by atoms with Gasteiger partial charge in [-0.25, -0.2) is 0 Å². The Morgan fingerprint density at radius 1 is 0.974 bits per heavy atom. The fraction of sp³-hybridized carbons (Fsp3) is 0.429. The molecule has 0 atom stereocenters. The van der Waals surface area contributed by atoms with Gasteiger partial charge in [0, 0.05) is 54.1 Å². The molecule has 0 bridgehead atoms. The average Bonchev–Trinajstić information content (AvgIpc) is 3.17. The summed E-state index contributed by atoms with van der Waals surface area (Å²) in [4.78, 5) is 26.5. The molecule has 3 rings (SSSR count). The number of aromatic nitrogens is 1. The first-order valence-corrected chi connectivity index (χ1v) is 15.3. The molecule has 0 unspecified atom stereocenters. The molecular weight excluding hydrogens is 524 g/mol. The van der Waals surface area contributed by atoms with Crippen molar-refractivity contribution in [3.8, 4) is 5.75 Å². The molecule has 1 heterocycles. The zero-order valence-electron chi connectivity index (χ0n) is 22.8. The number of carbonyl (C=O) groups excluding carboxylic acids is 2. The zero-order chi connectivity index (χ0) is 27.7. The van der Waals surface area contributed by atoms with Gasteiger partial charge in [-0.2, -0.15) is 0 Å². The van der Waals surface area contributed by atoms with Crippen molar-refractivity contribution in [1.29, 1.82) is 0 Å². The summed E-state index contributed by atoms with van der Waals surface area (Å²) in [5.74, 6) is 0.329. The number of methoxy groups -OCH3 is 1. The summed E-state index contributed by atoms with van der Waals surface area (Å²) in [5.41, 5.74) is 2.71. The molecule has 2 aromatic carbocycles. The number of hydrogen-bond acceptors (Lipinski definition) is 6. The molecule has 0 fully saturated rings. The van der Waals surface area contributed by atoms with E-state index in [1.165, 1.54) is 0 Å². The van der Waals surface area contributed by atoms with E-state index >= 15 is 0 Å². The van der Waals surface area contributed by atoms with Crippen LogP contribution in [0.25, 0.3) is 10.9 Å². The molecule has 1 amide bonds. The minimum Gasteiger partial charge on any atom is -0.497 e. The highest BCUT2D eigenvalue weighted by atomic mass is 35.5. The quantitative estimate of drug-likeness (QED) is 0.210. The van der Waals surface area contributed by atoms with E-state index in [4.69, 9.17) is 29.6 Å². The standard InChI is InChI=1S/C28H37ClN2O6Si/c1-6-35-38(36-7-2,37-8-3)17-9-16-30-27(32)19-24-20(4)31(26-15-14-23(34-5)18-25(24)26)28(33)21-10-12-22(29)13-11-21/h10-15,18H,6-9,16-17,19H2,1-5H3,(H,30,32). The Hall–Kier alpha value is -2.69. The number of nitrogens with one attached hydrogen (secondary N) is 1. The Morgan fingerprint density at radius 3 is 2.18 bits per heavy atom. The second-order valence-electron chi connectivity index (χ2n) is 8.71. The van der Waals surface area contributed by atoms with E-state index < -0.39 is 8.80 Å². The number of ether oxygens (including phenoxy) is 1. The molecule has 0 aliphatic carbocycles. The summed E-state index contributed by atoms with van der Waals surface area (Å²) in [6.45, 7) is 9.63. The summed E-state index contributed by atoms with van der Waals surface area (Å²) >= 11 is 6.01. The third-order valence-corrected chi connectivity index (χ3v) is 9.65. The predicted octanol–water partition coefficient (Wildman–Crippen LogP) is 5.40. The van der Waals surface area contributed by atoms with Crippen molar-refractivity contribution in [2.24, 2.45) is 0 Å². The monoisotopic (exact) mass is 560 g/mol. The van der Waals surface area contributed by atoms with E-state index in [0.717, 1.165) is 10.9 Å². The highest BCUT2D eigenvalue weighted by Gasteiger charge is 2.39. The smallest absolute Gasteiger partial charge is 0.497 e. The van der Waals surface area contributed by atoms with E-state index in [1.54, 1.807) is 35.9 Å². The van der Waals surface area contributed by atoms with Gasteiger partial charge in [-0.3, -0.25) is 14.2 Å². The molecule has 10 heteroatoms. The van der Waals surface area contributed by atoms with Crippen LogP contribution in [0, 0.1) is 6.92 Å². The second-order valence-corrected chi connectivity index (χ2v) is 11.9. The summed E-state index contributed by atoms with van der Waals surface area (Å²) in [6, 6.07) is 12.9. The molecule has 38 heavy (non-hydrogen) atoms. The number of halogens is 1. The van der Waals surface area contributed by atoms with Crippen LogP contribution in [0.15, 0.2) is 42.5 Å². The molecule has 0 aliphatic heterocycles. The number of rotatable bonds is 14. The first kappa shape index (κ1) is 29.9. The Labute approximate surface area is 230 Å². The third kappa shape index (κ3) is 7.03. The number of fused-ring (bicyclic) bond motifs is 1. The SMILES string of the molecule is CCO[Si](CCCNC(=O)Cc1c(C)n(C(=O)c2ccc(Cl)cc2)c2ccc(OC)cc12)(OCC)OCC. The third-order valence-electron chi connectivity index (χ3n) is 6.25. The number of hydrogen-bond donors (Lipinski definition) is 1. The van der Waals surface area contributed by atoms with Gasteiger partial charge in [-0.05, 0) is 82.1 Å². The molecule has 8 nitrogen and oxygen atoms in total. The summed E-state index contributed by atoms with van der Waals surface area (Å²) < 4.78 is 24.7. The lowest BCUT2D eigenvalue weighted by Gasteiger charge is -2.28. The van der Waals surface area contributed by atoms with Crippen LogP contribution >= 0.6 is 11.6 Å². The molecular formula is C28H37ClN2O6Si. The lowest BCUT2D eigenvalue weighted by atomic mass is 10.1. The highest BCUT2D eigenvalue weighted by molar-refractivity contribution is 6.60. The predicted molar refractivity (Wildman–Crippen MR) is 151 cm³/mol. The highest BCUT2D eigenvalue weighted by Crippen LogP contribution is 2.31. The lowest BCUT2D eigenvalue weighted by molar-refractivity contribution is -0.120. The van der Waals surface area contributed by atoms with Crippen molar-refractivity contribution in [2.75, 3.05) is 33.5 Å². The molecule has 0 radical (unpaired) electrons. The van der Waals surface area contributed by atoms with Crippen LogP contribution in [-0.4, -0.2) is 58.7 Å². The maximum atomic E-state index is 13.5. The Bertz CT molecular complexity index is 1230. The summed E-state index contributed by atoms with van der Waals surface area (Å²) in [6.07, 6.45) is 0.795. The van der Waals surface area contributed by atoms with Gasteiger partial charge >= 0.3 is 8.80 Å². The van der Waals surface area contributed by atoms with Crippen molar-refractivity contribution < 1.29 is 27.6 Å². The first-order chi connectivity index (χ1) is 18.3.